The van der Waals surface area contributed by atoms with E-state index in [-0.39, 0.29) is 5.56 Å². The SMILES string of the molecule is N#CC(c1ccccc1)c1c(Cl)c(F)c(Cl)c(F)c1Cl. The van der Waals surface area contributed by atoms with Gasteiger partial charge in [-0.15, -0.1) is 0 Å². The first-order valence-corrected chi connectivity index (χ1v) is 6.58. The number of hydrogen-bond donors (Lipinski definition) is 0. The number of nitriles is 1. The van der Waals surface area contributed by atoms with Crippen molar-refractivity contribution in [3.8, 4) is 6.07 Å². The lowest BCUT2D eigenvalue weighted by Gasteiger charge is -2.15. The molecule has 1 nitrogen and oxygen atoms in total. The second-order valence-electron chi connectivity index (χ2n) is 3.96. The summed E-state index contributed by atoms with van der Waals surface area (Å²) in [5, 5.41) is 7.61. The van der Waals surface area contributed by atoms with E-state index in [2.05, 4.69) is 0 Å². The molecule has 6 heteroatoms. The molecule has 2 aromatic carbocycles. The normalized spacial score (nSPS) is 12.0. The van der Waals surface area contributed by atoms with Crippen LogP contribution in [0.25, 0.3) is 0 Å². The summed E-state index contributed by atoms with van der Waals surface area (Å²) in [7, 11) is 0. The maximum Gasteiger partial charge on any atom is 0.163 e. The Kier molecular flexibility index (Phi) is 4.49. The molecule has 0 aliphatic heterocycles. The zero-order chi connectivity index (χ0) is 14.9. The van der Waals surface area contributed by atoms with Crippen LogP contribution in [0.3, 0.4) is 0 Å². The van der Waals surface area contributed by atoms with Gasteiger partial charge in [-0.05, 0) is 5.56 Å². The van der Waals surface area contributed by atoms with Gasteiger partial charge in [0.15, 0.2) is 11.6 Å². The first-order chi connectivity index (χ1) is 9.49. The van der Waals surface area contributed by atoms with Crippen LogP contribution in [-0.4, -0.2) is 0 Å². The van der Waals surface area contributed by atoms with Crippen molar-refractivity contribution in [1.29, 1.82) is 5.26 Å². The highest BCUT2D eigenvalue weighted by atomic mass is 35.5. The third-order valence-corrected chi connectivity index (χ3v) is 3.87. The van der Waals surface area contributed by atoms with Gasteiger partial charge in [-0.25, -0.2) is 8.78 Å². The summed E-state index contributed by atoms with van der Waals surface area (Å²) in [4.78, 5) is 0. The predicted molar refractivity (Wildman–Crippen MR) is 75.3 cm³/mol. The highest BCUT2D eigenvalue weighted by Crippen LogP contribution is 2.41. The van der Waals surface area contributed by atoms with Crippen molar-refractivity contribution < 1.29 is 8.78 Å². The van der Waals surface area contributed by atoms with E-state index in [1.807, 2.05) is 6.07 Å². The van der Waals surface area contributed by atoms with Gasteiger partial charge < -0.3 is 0 Å². The Morgan fingerprint density at radius 1 is 0.900 bits per heavy atom. The van der Waals surface area contributed by atoms with Crippen LogP contribution in [0.5, 0.6) is 0 Å². The number of nitrogens with zero attached hydrogens (tertiary/aromatic N) is 1. The first-order valence-electron chi connectivity index (χ1n) is 5.45. The number of hydrogen-bond acceptors (Lipinski definition) is 1. The summed E-state index contributed by atoms with van der Waals surface area (Å²) in [6, 6.07) is 10.4. The fourth-order valence-corrected chi connectivity index (χ4v) is 2.76. The Balaban J connectivity index is 2.72. The minimum Gasteiger partial charge on any atom is -0.204 e. The fourth-order valence-electron chi connectivity index (χ4n) is 1.83. The van der Waals surface area contributed by atoms with Crippen LogP contribution >= 0.6 is 34.8 Å². The van der Waals surface area contributed by atoms with Crippen molar-refractivity contribution in [2.45, 2.75) is 5.92 Å². The van der Waals surface area contributed by atoms with Crippen LogP contribution in [0.1, 0.15) is 17.0 Å². The van der Waals surface area contributed by atoms with Gasteiger partial charge >= 0.3 is 0 Å². The van der Waals surface area contributed by atoms with E-state index < -0.39 is 32.6 Å². The van der Waals surface area contributed by atoms with Crippen LogP contribution in [0.15, 0.2) is 30.3 Å². The van der Waals surface area contributed by atoms with E-state index in [4.69, 9.17) is 34.8 Å². The van der Waals surface area contributed by atoms with Crippen molar-refractivity contribution in [3.63, 3.8) is 0 Å². The molecule has 2 rings (SSSR count). The van der Waals surface area contributed by atoms with E-state index in [0.717, 1.165) is 0 Å². The topological polar surface area (TPSA) is 23.8 Å². The molecular formula is C14H6Cl3F2N. The Bertz CT molecular complexity index is 667. The van der Waals surface area contributed by atoms with Gasteiger partial charge in [-0.2, -0.15) is 5.26 Å². The molecular weight excluding hydrogens is 327 g/mol. The molecule has 2 aromatic rings. The molecule has 0 saturated heterocycles. The summed E-state index contributed by atoms with van der Waals surface area (Å²) in [5.74, 6) is -3.24. The second-order valence-corrected chi connectivity index (χ2v) is 5.09. The zero-order valence-electron chi connectivity index (χ0n) is 9.80. The van der Waals surface area contributed by atoms with Gasteiger partial charge in [0.2, 0.25) is 0 Å². The summed E-state index contributed by atoms with van der Waals surface area (Å²) < 4.78 is 27.5. The molecule has 0 heterocycles. The summed E-state index contributed by atoms with van der Waals surface area (Å²) in [5.41, 5.74) is 0.404. The van der Waals surface area contributed by atoms with Gasteiger partial charge in [-0.3, -0.25) is 0 Å². The Hall–Kier alpha value is -1.34. The molecule has 20 heavy (non-hydrogen) atoms. The van der Waals surface area contributed by atoms with Crippen molar-refractivity contribution in [1.82, 2.24) is 0 Å². The second kappa shape index (κ2) is 5.97. The molecule has 1 atom stereocenters. The van der Waals surface area contributed by atoms with E-state index in [9.17, 15) is 14.0 Å². The lowest BCUT2D eigenvalue weighted by atomic mass is 9.92. The van der Waals surface area contributed by atoms with Gasteiger partial charge in [-0.1, -0.05) is 65.1 Å². The molecule has 0 radical (unpaired) electrons. The molecule has 0 amide bonds. The molecule has 0 aromatic heterocycles. The quantitative estimate of drug-likeness (QED) is 0.520. The molecule has 0 N–H and O–H groups in total. The average Bonchev–Trinajstić information content (AvgIpc) is 2.48. The minimum absolute atomic E-state index is 0.124. The van der Waals surface area contributed by atoms with E-state index in [0.29, 0.717) is 5.56 Å². The van der Waals surface area contributed by atoms with E-state index >= 15 is 0 Å². The van der Waals surface area contributed by atoms with E-state index in [1.165, 1.54) is 0 Å². The van der Waals surface area contributed by atoms with Crippen LogP contribution in [0.2, 0.25) is 15.1 Å². The van der Waals surface area contributed by atoms with Crippen molar-refractivity contribution in [2.24, 2.45) is 0 Å². The molecule has 0 spiro atoms. The largest absolute Gasteiger partial charge is 0.204 e. The standard InChI is InChI=1S/C14H6Cl3F2N/c15-10-9(11(16)14(19)12(17)13(10)18)8(6-20)7-4-2-1-3-5-7/h1-5,8H. The van der Waals surface area contributed by atoms with Crippen molar-refractivity contribution >= 4 is 34.8 Å². The smallest absolute Gasteiger partial charge is 0.163 e. The van der Waals surface area contributed by atoms with E-state index in [1.54, 1.807) is 30.3 Å². The molecule has 0 aliphatic rings. The average molecular weight is 333 g/mol. The van der Waals surface area contributed by atoms with Gasteiger partial charge in [0.1, 0.15) is 5.02 Å². The van der Waals surface area contributed by atoms with Gasteiger partial charge in [0.25, 0.3) is 0 Å². The fraction of sp³-hybridized carbons (Fsp3) is 0.0714. The van der Waals surface area contributed by atoms with Crippen LogP contribution in [0.4, 0.5) is 8.78 Å². The summed E-state index contributed by atoms with van der Waals surface area (Å²) in [6.07, 6.45) is 0. The summed E-state index contributed by atoms with van der Waals surface area (Å²) in [6.45, 7) is 0. The number of rotatable bonds is 2. The zero-order valence-corrected chi connectivity index (χ0v) is 12.1. The molecule has 0 aliphatic carbocycles. The lowest BCUT2D eigenvalue weighted by Crippen LogP contribution is -2.04. The van der Waals surface area contributed by atoms with Crippen molar-refractivity contribution in [2.75, 3.05) is 0 Å². The molecule has 102 valence electrons. The van der Waals surface area contributed by atoms with Gasteiger partial charge in [0, 0.05) is 5.56 Å². The van der Waals surface area contributed by atoms with Crippen LogP contribution < -0.4 is 0 Å². The maximum atomic E-state index is 13.8. The third-order valence-electron chi connectivity index (χ3n) is 2.79. The van der Waals surface area contributed by atoms with Crippen LogP contribution in [-0.2, 0) is 0 Å². The van der Waals surface area contributed by atoms with Gasteiger partial charge in [0.05, 0.1) is 22.0 Å². The molecule has 1 unspecified atom stereocenters. The molecule has 0 saturated carbocycles. The minimum atomic E-state index is -1.12. The maximum absolute atomic E-state index is 13.8. The lowest BCUT2D eigenvalue weighted by molar-refractivity contribution is 0.581. The van der Waals surface area contributed by atoms with Crippen molar-refractivity contribution in [3.05, 3.63) is 68.2 Å². The predicted octanol–water partition coefficient (Wildman–Crippen LogP) is 5.58. The third kappa shape index (κ3) is 2.47. The Morgan fingerprint density at radius 2 is 1.40 bits per heavy atom. The highest BCUT2D eigenvalue weighted by molar-refractivity contribution is 6.39. The summed E-state index contributed by atoms with van der Waals surface area (Å²) >= 11 is 17.1. The molecule has 0 fully saturated rings. The Labute approximate surface area is 129 Å². The van der Waals surface area contributed by atoms with Crippen LogP contribution in [0, 0.1) is 23.0 Å². The molecule has 0 bridgehead atoms. The number of halogens is 5. The first kappa shape index (κ1) is 15.1. The monoisotopic (exact) mass is 331 g/mol. The number of benzene rings is 2. The highest BCUT2D eigenvalue weighted by Gasteiger charge is 2.27. The Morgan fingerprint density at radius 3 is 1.85 bits per heavy atom.